The minimum Gasteiger partial charge on any atom is -0.508 e. The number of aliphatic hydroxyl groups is 1. The highest BCUT2D eigenvalue weighted by Gasteiger charge is 2.47. The highest BCUT2D eigenvalue weighted by molar-refractivity contribution is 5.99. The lowest BCUT2D eigenvalue weighted by molar-refractivity contribution is -0.168. The Morgan fingerprint density at radius 1 is 0.896 bits per heavy atom. The van der Waals surface area contributed by atoms with E-state index in [0.717, 1.165) is 16.2 Å². The molecule has 1 aromatic carbocycles. The number of carbonyl (C=O) groups is 9. The van der Waals surface area contributed by atoms with Crippen LogP contribution in [0.25, 0.3) is 0 Å². The molecule has 2 fully saturated rings. The molecular weight excluding hydrogens is 873 g/mol. The molecule has 0 aliphatic carbocycles. The molecule has 2 bridgehead atoms. The van der Waals surface area contributed by atoms with Gasteiger partial charge in [0, 0.05) is 19.9 Å². The second-order valence-corrected chi connectivity index (χ2v) is 17.9. The lowest BCUT2D eigenvalue weighted by atomic mass is 9.91. The topological polar surface area (TPSA) is 316 Å². The van der Waals surface area contributed by atoms with E-state index in [1.807, 2.05) is 6.92 Å². The third-order valence-electron chi connectivity index (χ3n) is 12.3. The van der Waals surface area contributed by atoms with Gasteiger partial charge in [0.25, 0.3) is 0 Å². The van der Waals surface area contributed by atoms with Gasteiger partial charge in [0.05, 0.1) is 6.42 Å². The van der Waals surface area contributed by atoms with Crippen molar-refractivity contribution >= 4 is 53.3 Å². The number of carbonyl (C=O) groups excluding carboxylic acids is 8. The molecule has 21 heteroatoms. The Bertz CT molecular complexity index is 1900. The van der Waals surface area contributed by atoms with Crippen molar-refractivity contribution in [2.24, 2.45) is 17.6 Å². The van der Waals surface area contributed by atoms with E-state index >= 15 is 0 Å². The van der Waals surface area contributed by atoms with Gasteiger partial charge in [0.1, 0.15) is 60.4 Å². The summed E-state index contributed by atoms with van der Waals surface area (Å²) in [5.41, 5.74) is 6.25. The number of aliphatic hydroxyl groups excluding tert-OH is 1. The Balaban J connectivity index is 2.22. The first-order chi connectivity index (χ1) is 31.6. The number of ether oxygens (including phenoxy) is 1. The van der Waals surface area contributed by atoms with E-state index in [1.54, 1.807) is 39.8 Å². The lowest BCUT2D eigenvalue weighted by Gasteiger charge is -2.44. The zero-order valence-corrected chi connectivity index (χ0v) is 39.7. The molecule has 0 spiro atoms. The SMILES string of the molecule is CCCCCC(=O)N[C@@H](CC(=O)O)C(=O)N[C@@H]1C(=O)N[C@@H](CCCCN)C(=O)N[C@H]2CC[C@@H](O)N(C2=O)[C@@H](C(C)CC)C(=O)N(C)[C@@H](Cc2ccc(O)cc2)C(=O)NC(C(C)C)C(=O)O[C@@H]1C. The van der Waals surface area contributed by atoms with Crippen LogP contribution in [-0.2, 0) is 54.3 Å². The zero-order chi connectivity index (χ0) is 50.1. The molecule has 21 nitrogen and oxygen atoms in total. The van der Waals surface area contributed by atoms with Crippen molar-refractivity contribution in [3.05, 3.63) is 29.8 Å². The maximum atomic E-state index is 14.8. The Hall–Kier alpha value is -5.83. The number of carboxylic acid groups (broad SMARTS) is 1. The van der Waals surface area contributed by atoms with Crippen LogP contribution >= 0.6 is 0 Å². The number of phenolic OH excluding ortho intramolecular Hbond substituents is 1. The first kappa shape index (κ1) is 55.5. The first-order valence-corrected chi connectivity index (χ1v) is 23.3. The van der Waals surface area contributed by atoms with E-state index in [0.29, 0.717) is 37.7 Å². The van der Waals surface area contributed by atoms with Gasteiger partial charge in [-0.25, -0.2) is 4.79 Å². The number of fused-ring (bicyclic) bond motifs is 2. The Morgan fingerprint density at radius 2 is 1.57 bits per heavy atom. The van der Waals surface area contributed by atoms with Gasteiger partial charge >= 0.3 is 11.9 Å². The molecule has 0 radical (unpaired) electrons. The van der Waals surface area contributed by atoms with Crippen LogP contribution in [0.5, 0.6) is 5.75 Å². The first-order valence-electron chi connectivity index (χ1n) is 23.3. The van der Waals surface area contributed by atoms with Gasteiger partial charge in [-0.2, -0.15) is 0 Å². The van der Waals surface area contributed by atoms with Crippen LogP contribution in [0.2, 0.25) is 0 Å². The molecule has 10 N–H and O–H groups in total. The lowest BCUT2D eigenvalue weighted by Crippen LogP contribution is -2.66. The Labute approximate surface area is 392 Å². The molecule has 374 valence electrons. The van der Waals surface area contributed by atoms with E-state index < -0.39 is 126 Å². The zero-order valence-electron chi connectivity index (χ0n) is 39.7. The summed E-state index contributed by atoms with van der Waals surface area (Å²) < 4.78 is 5.81. The number of amides is 7. The fourth-order valence-electron chi connectivity index (χ4n) is 8.05. The Morgan fingerprint density at radius 3 is 2.16 bits per heavy atom. The van der Waals surface area contributed by atoms with Gasteiger partial charge < -0.3 is 62.2 Å². The summed E-state index contributed by atoms with van der Waals surface area (Å²) in [5.74, 6) is -9.77. The number of likely N-dealkylation sites (N-methyl/N-ethyl adjacent to an activating group) is 1. The van der Waals surface area contributed by atoms with Gasteiger partial charge in [-0.3, -0.25) is 38.4 Å². The number of benzene rings is 1. The fourth-order valence-corrected chi connectivity index (χ4v) is 8.05. The van der Waals surface area contributed by atoms with E-state index in [2.05, 4.69) is 26.6 Å². The van der Waals surface area contributed by atoms with Crippen molar-refractivity contribution in [3.63, 3.8) is 0 Å². The number of rotatable bonds is 18. The number of hydrogen-bond acceptors (Lipinski definition) is 13. The van der Waals surface area contributed by atoms with Crippen LogP contribution in [0.15, 0.2) is 24.3 Å². The molecule has 2 saturated heterocycles. The predicted molar refractivity (Wildman–Crippen MR) is 243 cm³/mol. The average molecular weight is 945 g/mol. The van der Waals surface area contributed by atoms with Crippen LogP contribution in [0.4, 0.5) is 0 Å². The molecule has 1 aromatic rings. The van der Waals surface area contributed by atoms with Crippen LogP contribution in [0, 0.1) is 11.8 Å². The summed E-state index contributed by atoms with van der Waals surface area (Å²) in [6.07, 6.45) is -1.14. The largest absolute Gasteiger partial charge is 0.508 e. The number of phenols is 1. The number of aromatic hydroxyl groups is 1. The molecule has 2 unspecified atom stereocenters. The predicted octanol–water partition coefficient (Wildman–Crippen LogP) is 0.327. The van der Waals surface area contributed by atoms with E-state index in [9.17, 15) is 58.5 Å². The van der Waals surface area contributed by atoms with Crippen molar-refractivity contribution in [3.8, 4) is 5.75 Å². The van der Waals surface area contributed by atoms with Crippen molar-refractivity contribution in [1.29, 1.82) is 0 Å². The third kappa shape index (κ3) is 15.9. The monoisotopic (exact) mass is 945 g/mol. The van der Waals surface area contributed by atoms with Gasteiger partial charge in [-0.05, 0) is 81.5 Å². The molecular formula is C46H72N8O13. The van der Waals surface area contributed by atoms with E-state index in [4.69, 9.17) is 10.5 Å². The van der Waals surface area contributed by atoms with Gasteiger partial charge in [0.2, 0.25) is 41.4 Å². The third-order valence-corrected chi connectivity index (χ3v) is 12.3. The average Bonchev–Trinajstić information content (AvgIpc) is 3.27. The van der Waals surface area contributed by atoms with E-state index in [-0.39, 0.29) is 44.4 Å². The number of nitrogens with zero attached hydrogens (tertiary/aromatic N) is 2. The van der Waals surface area contributed by atoms with Gasteiger partial charge in [0.15, 0.2) is 0 Å². The second kappa shape index (κ2) is 26.5. The molecule has 3 rings (SSSR count). The number of aliphatic carboxylic acids is 1. The summed E-state index contributed by atoms with van der Waals surface area (Å²) in [4.78, 5) is 127. The second-order valence-electron chi connectivity index (χ2n) is 17.9. The molecule has 0 aromatic heterocycles. The van der Waals surface area contributed by atoms with Crippen molar-refractivity contribution < 1.29 is 63.2 Å². The summed E-state index contributed by atoms with van der Waals surface area (Å²) in [5, 5.41) is 43.9. The molecule has 7 amide bonds. The number of nitrogens with two attached hydrogens (primary N) is 1. The van der Waals surface area contributed by atoms with Gasteiger partial charge in [-0.1, -0.05) is 66.0 Å². The molecule has 2 aliphatic heterocycles. The van der Waals surface area contributed by atoms with Crippen LogP contribution in [0.3, 0.4) is 0 Å². The number of hydrogen-bond donors (Lipinski definition) is 9. The summed E-state index contributed by atoms with van der Waals surface area (Å²) in [6.45, 7) is 10.1. The van der Waals surface area contributed by atoms with Crippen molar-refractivity contribution in [2.45, 2.75) is 173 Å². The smallest absolute Gasteiger partial charge is 0.329 e. The molecule has 0 saturated carbocycles. The standard InChI is InChI=1S/C46H72N8O13/c1-8-10-11-15-34(56)48-32(24-36(58)59)41(61)52-38-27(6)67-46(66)37(25(3)4)51-42(62)33(23-28-16-18-29(55)19-17-28)53(7)45(65)39(26(5)9-2)54-35(57)21-20-31(44(54)64)50-40(60)30(49-43(38)63)14-12-13-22-47/h16-19,25-27,30-33,35,37-39,55,57H,8-15,20-24,47H2,1-7H3,(H,48,56)(H,49,63)(H,50,60)(H,51,62)(H,52,61)(H,58,59)/t26?,27-,30+,31+,32+,33+,35-,37?,38+,39+/m1/s1. The molecule has 2 heterocycles. The fraction of sp³-hybridized carbons (Fsp3) is 0.674. The number of carboxylic acids is 1. The summed E-state index contributed by atoms with van der Waals surface area (Å²) in [6, 6.07) is -4.42. The number of nitrogens with one attached hydrogen (secondary N) is 5. The highest BCUT2D eigenvalue weighted by atomic mass is 16.5. The number of cyclic esters (lactones) is 1. The normalized spacial score (nSPS) is 25.6. The van der Waals surface area contributed by atoms with Gasteiger partial charge in [-0.15, -0.1) is 0 Å². The summed E-state index contributed by atoms with van der Waals surface area (Å²) in [7, 11) is 1.36. The van der Waals surface area contributed by atoms with Crippen LogP contribution in [0.1, 0.15) is 118 Å². The van der Waals surface area contributed by atoms with Crippen LogP contribution < -0.4 is 32.3 Å². The number of piperidine rings is 1. The van der Waals surface area contributed by atoms with Crippen LogP contribution in [-0.4, -0.2) is 147 Å². The minimum atomic E-state index is -1.83. The maximum Gasteiger partial charge on any atom is 0.329 e. The number of esters is 1. The quantitative estimate of drug-likeness (QED) is 0.0708. The molecule has 10 atom stereocenters. The van der Waals surface area contributed by atoms with Crippen molar-refractivity contribution in [1.82, 2.24) is 36.4 Å². The van der Waals surface area contributed by atoms with Crippen molar-refractivity contribution in [2.75, 3.05) is 13.6 Å². The Kier molecular flexibility index (Phi) is 21.9. The molecule has 67 heavy (non-hydrogen) atoms. The highest BCUT2D eigenvalue weighted by Crippen LogP contribution is 2.28. The maximum absolute atomic E-state index is 14.8. The number of unbranched alkanes of at least 4 members (excludes halogenated alkanes) is 3. The summed E-state index contributed by atoms with van der Waals surface area (Å²) >= 11 is 0. The van der Waals surface area contributed by atoms with E-state index in [1.165, 1.54) is 26.1 Å². The minimum absolute atomic E-state index is 0.00464. The molecule has 2 aliphatic rings.